The van der Waals surface area contributed by atoms with Crippen LogP contribution in [0.5, 0.6) is 17.2 Å². The Morgan fingerprint density at radius 2 is 1.88 bits per heavy atom. The van der Waals surface area contributed by atoms with E-state index in [1.54, 1.807) is 29.0 Å². The molecule has 0 spiro atoms. The molecule has 0 radical (unpaired) electrons. The highest BCUT2D eigenvalue weighted by molar-refractivity contribution is 6.76. The maximum absolute atomic E-state index is 14.9. The van der Waals surface area contributed by atoms with E-state index in [1.807, 2.05) is 5.32 Å². The number of amides is 1. The molecular weight excluding hydrogens is 538 g/mol. The third-order valence-corrected chi connectivity index (χ3v) is 7.74. The molecule has 4 rings (SSSR count). The second-order valence-corrected chi connectivity index (χ2v) is 15.8. The largest absolute Gasteiger partial charge is 0.495 e. The number of fused-ring (bicyclic) bond motifs is 1. The van der Waals surface area contributed by atoms with Gasteiger partial charge in [-0.05, 0) is 29.8 Å². The van der Waals surface area contributed by atoms with Gasteiger partial charge in [0, 0.05) is 44.8 Å². The summed E-state index contributed by atoms with van der Waals surface area (Å²) in [6.45, 7) is 7.50. The van der Waals surface area contributed by atoms with E-state index >= 15 is 0 Å². The van der Waals surface area contributed by atoms with Gasteiger partial charge >= 0.3 is 6.09 Å². The lowest BCUT2D eigenvalue weighted by Crippen LogP contribution is -2.22. The number of hydrogen-bond acceptors (Lipinski definition) is 6. The molecule has 0 saturated heterocycles. The van der Waals surface area contributed by atoms with E-state index < -0.39 is 31.6 Å². The summed E-state index contributed by atoms with van der Waals surface area (Å²) >= 11 is 0. The van der Waals surface area contributed by atoms with E-state index in [2.05, 4.69) is 30.7 Å². The summed E-state index contributed by atoms with van der Waals surface area (Å²) < 4.78 is 48.5. The lowest BCUT2D eigenvalue weighted by Gasteiger charge is -2.15. The number of ether oxygens (including phenoxy) is 3. The number of nitrogens with zero attached hydrogens (tertiary/aromatic N) is 3. The van der Waals surface area contributed by atoms with Gasteiger partial charge in [-0.15, -0.1) is 0 Å². The molecule has 0 aliphatic heterocycles. The van der Waals surface area contributed by atoms with Gasteiger partial charge in [0.05, 0.1) is 23.7 Å². The first-order chi connectivity index (χ1) is 19.0. The van der Waals surface area contributed by atoms with Crippen molar-refractivity contribution in [2.75, 3.05) is 19.0 Å². The van der Waals surface area contributed by atoms with E-state index in [0.29, 0.717) is 40.1 Å². The van der Waals surface area contributed by atoms with E-state index in [1.165, 1.54) is 19.4 Å². The number of pyridine rings is 1. The Morgan fingerprint density at radius 1 is 1.15 bits per heavy atom. The Balaban J connectivity index is 1.81. The first-order valence-corrected chi connectivity index (χ1v) is 16.0. The highest BCUT2D eigenvalue weighted by atomic mass is 28.3. The van der Waals surface area contributed by atoms with Gasteiger partial charge < -0.3 is 23.9 Å². The standard InChI is InChI=1S/C28H28F2N4O5Si/c1-37-23-6-5-17(11-18(23)14-31)20-15-34(16-38-9-10-40(2,3)4)27-25(20)24(7-8-32-27)39-26-21(29)12-19(13-22(26)30)33-28(35)36/h5-8,11-13,15,33H,9-10,16H2,1-4H3,(H,35,36). The molecule has 1 amide bonds. The Hall–Kier alpha value is -4.47. The fourth-order valence-electron chi connectivity index (χ4n) is 4.06. The van der Waals surface area contributed by atoms with Crippen molar-refractivity contribution in [2.24, 2.45) is 0 Å². The molecule has 12 heteroatoms. The molecule has 0 unspecified atom stereocenters. The van der Waals surface area contributed by atoms with Crippen LogP contribution in [0.25, 0.3) is 22.2 Å². The van der Waals surface area contributed by atoms with Crippen molar-refractivity contribution >= 4 is 30.9 Å². The summed E-state index contributed by atoms with van der Waals surface area (Å²) in [6.07, 6.45) is 1.78. The molecule has 0 bridgehead atoms. The van der Waals surface area contributed by atoms with Crippen molar-refractivity contribution < 1.29 is 32.9 Å². The molecule has 2 heterocycles. The number of benzene rings is 2. The smallest absolute Gasteiger partial charge is 0.409 e. The van der Waals surface area contributed by atoms with Gasteiger partial charge in [-0.3, -0.25) is 5.32 Å². The Labute approximate surface area is 230 Å². The molecular formula is C28H28F2N4O5Si. The van der Waals surface area contributed by atoms with E-state index in [4.69, 9.17) is 19.3 Å². The molecule has 0 aliphatic carbocycles. The van der Waals surface area contributed by atoms with Crippen LogP contribution in [0.1, 0.15) is 5.56 Å². The minimum atomic E-state index is -1.46. The second-order valence-electron chi connectivity index (χ2n) is 10.2. The SMILES string of the molecule is COc1ccc(-c2cn(COCC[Si](C)(C)C)c3nccc(Oc4c(F)cc(NC(=O)O)cc4F)c23)cc1C#N. The highest BCUT2D eigenvalue weighted by Crippen LogP contribution is 2.40. The van der Waals surface area contributed by atoms with Crippen LogP contribution in [0.2, 0.25) is 25.7 Å². The van der Waals surface area contributed by atoms with Crippen LogP contribution in [0.15, 0.2) is 48.8 Å². The summed E-state index contributed by atoms with van der Waals surface area (Å²) in [4.78, 5) is 15.4. The highest BCUT2D eigenvalue weighted by Gasteiger charge is 2.21. The Kier molecular flexibility index (Phi) is 8.37. The zero-order valence-corrected chi connectivity index (χ0v) is 23.4. The van der Waals surface area contributed by atoms with Crippen LogP contribution < -0.4 is 14.8 Å². The van der Waals surface area contributed by atoms with Gasteiger partial charge in [-0.25, -0.2) is 18.6 Å². The maximum Gasteiger partial charge on any atom is 0.409 e. The fourth-order valence-corrected chi connectivity index (χ4v) is 4.81. The predicted molar refractivity (Wildman–Crippen MR) is 149 cm³/mol. The number of aromatic nitrogens is 2. The molecule has 2 aromatic heterocycles. The molecule has 4 aromatic rings. The van der Waals surface area contributed by atoms with E-state index in [0.717, 1.165) is 18.2 Å². The number of carboxylic acid groups (broad SMARTS) is 1. The molecule has 0 fully saturated rings. The minimum Gasteiger partial charge on any atom is -0.495 e. The van der Waals surface area contributed by atoms with E-state index in [-0.39, 0.29) is 18.2 Å². The number of anilines is 1. The third kappa shape index (κ3) is 6.39. The zero-order chi connectivity index (χ0) is 29.0. The van der Waals surface area contributed by atoms with Gasteiger partial charge in [0.2, 0.25) is 0 Å². The van der Waals surface area contributed by atoms with Crippen molar-refractivity contribution in [2.45, 2.75) is 32.4 Å². The number of hydrogen-bond donors (Lipinski definition) is 2. The summed E-state index contributed by atoms with van der Waals surface area (Å²) in [5.41, 5.74) is 1.69. The number of halogens is 2. The topological polar surface area (TPSA) is 119 Å². The minimum absolute atomic E-state index is 0.104. The molecule has 2 N–H and O–H groups in total. The summed E-state index contributed by atoms with van der Waals surface area (Å²) in [6, 6.07) is 11.3. The van der Waals surface area contributed by atoms with Crippen LogP contribution >= 0.6 is 0 Å². The first kappa shape index (κ1) is 28.5. The molecule has 40 heavy (non-hydrogen) atoms. The van der Waals surface area contributed by atoms with Crippen LogP contribution in [-0.4, -0.2) is 42.5 Å². The molecule has 0 saturated carbocycles. The predicted octanol–water partition coefficient (Wildman–Crippen LogP) is 7.06. The first-order valence-electron chi connectivity index (χ1n) is 12.3. The average Bonchev–Trinajstić information content (AvgIpc) is 3.26. The fraction of sp³-hybridized carbons (Fsp3) is 0.250. The van der Waals surface area contributed by atoms with Crippen molar-refractivity contribution in [1.82, 2.24) is 9.55 Å². The number of carbonyl (C=O) groups is 1. The van der Waals surface area contributed by atoms with Crippen LogP contribution in [0.3, 0.4) is 0 Å². The second kappa shape index (κ2) is 11.7. The normalized spacial score (nSPS) is 11.3. The summed E-state index contributed by atoms with van der Waals surface area (Å²) in [5.74, 6) is -2.40. The van der Waals surface area contributed by atoms with Gasteiger partial charge in [-0.1, -0.05) is 25.7 Å². The number of nitrogens with one attached hydrogen (secondary N) is 1. The monoisotopic (exact) mass is 566 g/mol. The van der Waals surface area contributed by atoms with Crippen molar-refractivity contribution in [3.63, 3.8) is 0 Å². The zero-order valence-electron chi connectivity index (χ0n) is 22.4. The maximum atomic E-state index is 14.9. The van der Waals surface area contributed by atoms with Gasteiger partial charge in [0.25, 0.3) is 0 Å². The lowest BCUT2D eigenvalue weighted by molar-refractivity contribution is 0.0899. The molecule has 0 aliphatic rings. The molecule has 208 valence electrons. The van der Waals surface area contributed by atoms with Gasteiger partial charge in [0.1, 0.15) is 29.9 Å². The number of rotatable bonds is 10. The quantitative estimate of drug-likeness (QED) is 0.156. The van der Waals surface area contributed by atoms with Crippen LogP contribution in [0, 0.1) is 23.0 Å². The average molecular weight is 567 g/mol. The number of methoxy groups -OCH3 is 1. The van der Waals surface area contributed by atoms with Gasteiger partial charge in [-0.2, -0.15) is 5.26 Å². The molecule has 0 atom stereocenters. The Morgan fingerprint density at radius 3 is 2.50 bits per heavy atom. The lowest BCUT2D eigenvalue weighted by atomic mass is 10.0. The molecule has 2 aromatic carbocycles. The van der Waals surface area contributed by atoms with Crippen LogP contribution in [0.4, 0.5) is 19.3 Å². The van der Waals surface area contributed by atoms with Crippen molar-refractivity contribution in [1.29, 1.82) is 5.26 Å². The van der Waals surface area contributed by atoms with E-state index in [9.17, 15) is 18.8 Å². The summed E-state index contributed by atoms with van der Waals surface area (Å²) in [7, 11) is 0.155. The van der Waals surface area contributed by atoms with Crippen molar-refractivity contribution in [3.05, 3.63) is 66.0 Å². The molecule has 9 nitrogen and oxygen atoms in total. The Bertz CT molecular complexity index is 1590. The summed E-state index contributed by atoms with van der Waals surface area (Å²) in [5, 5.41) is 20.8. The van der Waals surface area contributed by atoms with Crippen molar-refractivity contribution in [3.8, 4) is 34.4 Å². The van der Waals surface area contributed by atoms with Crippen LogP contribution in [-0.2, 0) is 11.5 Å². The number of nitriles is 1. The third-order valence-electron chi connectivity index (χ3n) is 6.04. The van der Waals surface area contributed by atoms with Gasteiger partial charge in [0.15, 0.2) is 17.4 Å².